The highest BCUT2D eigenvalue weighted by Gasteiger charge is 2.12. The molecule has 7 heteroatoms. The molecule has 6 nitrogen and oxygen atoms in total. The summed E-state index contributed by atoms with van der Waals surface area (Å²) in [7, 11) is -2.15. The van der Waals surface area contributed by atoms with Gasteiger partial charge in [0.15, 0.2) is 0 Å². The van der Waals surface area contributed by atoms with Crippen molar-refractivity contribution in [1.82, 2.24) is 4.83 Å². The van der Waals surface area contributed by atoms with Crippen LogP contribution in [0, 0.1) is 0 Å². The topological polar surface area (TPSA) is 77.0 Å². The summed E-state index contributed by atoms with van der Waals surface area (Å²) in [4.78, 5) is 2.29. The second-order valence-corrected chi connectivity index (χ2v) is 6.19. The lowest BCUT2D eigenvalue weighted by atomic mass is 10.2. The molecule has 0 aromatic heterocycles. The summed E-state index contributed by atoms with van der Waals surface area (Å²) < 4.78 is 34.6. The molecule has 0 aliphatic rings. The number of benzene rings is 2. The third-order valence-electron chi connectivity index (χ3n) is 2.93. The number of ether oxygens (including phenoxy) is 2. The molecule has 0 atom stereocenters. The van der Waals surface area contributed by atoms with Crippen LogP contribution in [0.25, 0.3) is 0 Å². The average molecular weight is 334 g/mol. The molecule has 2 aromatic carbocycles. The van der Waals surface area contributed by atoms with Gasteiger partial charge in [0, 0.05) is 0 Å². The number of rotatable bonds is 7. The minimum Gasteiger partial charge on any atom is -0.497 e. The zero-order valence-electron chi connectivity index (χ0n) is 12.9. The second kappa shape index (κ2) is 7.64. The SMILES string of the molecule is CCOc1ccc(S(=O)(=O)N/N=C/c2cccc(OC)c2)cc1. The van der Waals surface area contributed by atoms with E-state index in [1.54, 1.807) is 43.5 Å². The molecule has 0 spiro atoms. The van der Waals surface area contributed by atoms with E-state index >= 15 is 0 Å². The highest BCUT2D eigenvalue weighted by Crippen LogP contribution is 2.16. The first-order valence-electron chi connectivity index (χ1n) is 6.97. The monoisotopic (exact) mass is 334 g/mol. The standard InChI is InChI=1S/C16H18N2O4S/c1-3-22-14-7-9-16(10-8-14)23(19,20)18-17-12-13-5-4-6-15(11-13)21-2/h4-12,18H,3H2,1-2H3/b17-12+. The molecule has 23 heavy (non-hydrogen) atoms. The fourth-order valence-electron chi connectivity index (χ4n) is 1.83. The highest BCUT2D eigenvalue weighted by atomic mass is 32.2. The largest absolute Gasteiger partial charge is 0.497 e. The van der Waals surface area contributed by atoms with Gasteiger partial charge in [-0.1, -0.05) is 12.1 Å². The van der Waals surface area contributed by atoms with Gasteiger partial charge in [0.1, 0.15) is 11.5 Å². The van der Waals surface area contributed by atoms with E-state index in [0.717, 1.165) is 5.56 Å². The molecular formula is C16H18N2O4S. The van der Waals surface area contributed by atoms with Gasteiger partial charge in [-0.05, 0) is 48.9 Å². The maximum atomic E-state index is 12.1. The molecule has 2 rings (SSSR count). The van der Waals surface area contributed by atoms with Crippen molar-refractivity contribution >= 4 is 16.2 Å². The lowest BCUT2D eigenvalue weighted by molar-refractivity contribution is 0.340. The lowest BCUT2D eigenvalue weighted by Gasteiger charge is -2.06. The van der Waals surface area contributed by atoms with Crippen molar-refractivity contribution < 1.29 is 17.9 Å². The van der Waals surface area contributed by atoms with Crippen molar-refractivity contribution in [3.05, 3.63) is 54.1 Å². The van der Waals surface area contributed by atoms with E-state index in [4.69, 9.17) is 9.47 Å². The maximum absolute atomic E-state index is 12.1. The van der Waals surface area contributed by atoms with Gasteiger partial charge in [0.2, 0.25) is 0 Å². The van der Waals surface area contributed by atoms with Crippen molar-refractivity contribution in [3.8, 4) is 11.5 Å². The molecule has 0 saturated heterocycles. The van der Waals surface area contributed by atoms with Crippen molar-refractivity contribution in [2.24, 2.45) is 5.10 Å². The lowest BCUT2D eigenvalue weighted by Crippen LogP contribution is -2.18. The van der Waals surface area contributed by atoms with Gasteiger partial charge in [-0.3, -0.25) is 0 Å². The van der Waals surface area contributed by atoms with E-state index in [1.807, 2.05) is 6.92 Å². The Hall–Kier alpha value is -2.54. The van der Waals surface area contributed by atoms with Gasteiger partial charge in [0.05, 0.1) is 24.8 Å². The van der Waals surface area contributed by atoms with Crippen LogP contribution in [0.2, 0.25) is 0 Å². The van der Waals surface area contributed by atoms with Crippen LogP contribution in [0.15, 0.2) is 58.5 Å². The zero-order chi connectivity index (χ0) is 16.7. The molecule has 2 aromatic rings. The van der Waals surface area contributed by atoms with Crippen LogP contribution in [0.3, 0.4) is 0 Å². The zero-order valence-corrected chi connectivity index (χ0v) is 13.7. The van der Waals surface area contributed by atoms with Crippen LogP contribution in [0.1, 0.15) is 12.5 Å². The Morgan fingerprint density at radius 3 is 2.52 bits per heavy atom. The summed E-state index contributed by atoms with van der Waals surface area (Å²) in [5.41, 5.74) is 0.721. The molecule has 0 aliphatic heterocycles. The Bertz CT molecular complexity index is 771. The minimum atomic E-state index is -3.71. The van der Waals surface area contributed by atoms with Gasteiger partial charge in [-0.15, -0.1) is 0 Å². The smallest absolute Gasteiger partial charge is 0.276 e. The first-order valence-corrected chi connectivity index (χ1v) is 8.45. The van der Waals surface area contributed by atoms with Crippen molar-refractivity contribution in [3.63, 3.8) is 0 Å². The predicted octanol–water partition coefficient (Wildman–Crippen LogP) is 2.41. The molecule has 0 heterocycles. The van der Waals surface area contributed by atoms with E-state index in [1.165, 1.54) is 18.3 Å². The fraction of sp³-hybridized carbons (Fsp3) is 0.188. The van der Waals surface area contributed by atoms with Gasteiger partial charge < -0.3 is 9.47 Å². The predicted molar refractivity (Wildman–Crippen MR) is 88.5 cm³/mol. The molecule has 0 bridgehead atoms. The number of hydrazone groups is 1. The third-order valence-corrected chi connectivity index (χ3v) is 4.16. The number of sulfonamides is 1. The molecule has 0 saturated carbocycles. The fourth-order valence-corrected chi connectivity index (χ4v) is 2.62. The molecule has 0 unspecified atom stereocenters. The Balaban J connectivity index is 2.07. The first kappa shape index (κ1) is 16.8. The van der Waals surface area contributed by atoms with E-state index in [2.05, 4.69) is 9.93 Å². The number of hydrogen-bond donors (Lipinski definition) is 1. The van der Waals surface area contributed by atoms with Crippen LogP contribution in [-0.4, -0.2) is 28.3 Å². The highest BCUT2D eigenvalue weighted by molar-refractivity contribution is 7.89. The summed E-state index contributed by atoms with van der Waals surface area (Å²) in [5.74, 6) is 1.29. The number of nitrogens with one attached hydrogen (secondary N) is 1. The first-order chi connectivity index (χ1) is 11.0. The van der Waals surface area contributed by atoms with E-state index in [-0.39, 0.29) is 4.90 Å². The molecule has 1 N–H and O–H groups in total. The van der Waals surface area contributed by atoms with Crippen LogP contribution in [0.5, 0.6) is 11.5 Å². The van der Waals surface area contributed by atoms with Crippen LogP contribution >= 0.6 is 0 Å². The molecule has 0 aliphatic carbocycles. The van der Waals surface area contributed by atoms with Crippen molar-refractivity contribution in [2.45, 2.75) is 11.8 Å². The molecule has 0 radical (unpaired) electrons. The maximum Gasteiger partial charge on any atom is 0.276 e. The summed E-state index contributed by atoms with van der Waals surface area (Å²) in [6.45, 7) is 2.38. The number of nitrogens with zero attached hydrogens (tertiary/aromatic N) is 1. The normalized spacial score (nSPS) is 11.4. The van der Waals surface area contributed by atoms with Gasteiger partial charge >= 0.3 is 0 Å². The van der Waals surface area contributed by atoms with E-state index in [0.29, 0.717) is 18.1 Å². The summed E-state index contributed by atoms with van der Waals surface area (Å²) >= 11 is 0. The van der Waals surface area contributed by atoms with Gasteiger partial charge in [0.25, 0.3) is 10.0 Å². The Labute approximate surface area is 135 Å². The quantitative estimate of drug-likeness (QED) is 0.623. The second-order valence-electron chi connectivity index (χ2n) is 4.53. The molecular weight excluding hydrogens is 316 g/mol. The van der Waals surface area contributed by atoms with Crippen LogP contribution in [-0.2, 0) is 10.0 Å². The minimum absolute atomic E-state index is 0.115. The Morgan fingerprint density at radius 2 is 1.87 bits per heavy atom. The molecule has 0 amide bonds. The summed E-state index contributed by atoms with van der Waals surface area (Å²) in [6, 6.07) is 13.3. The number of methoxy groups -OCH3 is 1. The molecule has 0 fully saturated rings. The number of hydrogen-bond acceptors (Lipinski definition) is 5. The van der Waals surface area contributed by atoms with Gasteiger partial charge in [-0.25, -0.2) is 4.83 Å². The van der Waals surface area contributed by atoms with Crippen molar-refractivity contribution in [1.29, 1.82) is 0 Å². The average Bonchev–Trinajstić information content (AvgIpc) is 2.56. The van der Waals surface area contributed by atoms with Crippen LogP contribution < -0.4 is 14.3 Å². The molecule has 122 valence electrons. The Morgan fingerprint density at radius 1 is 1.13 bits per heavy atom. The van der Waals surface area contributed by atoms with Crippen molar-refractivity contribution in [2.75, 3.05) is 13.7 Å². The summed E-state index contributed by atoms with van der Waals surface area (Å²) in [5, 5.41) is 3.77. The van der Waals surface area contributed by atoms with E-state index < -0.39 is 10.0 Å². The Kier molecular flexibility index (Phi) is 5.59. The van der Waals surface area contributed by atoms with E-state index in [9.17, 15) is 8.42 Å². The third kappa shape index (κ3) is 4.72. The van der Waals surface area contributed by atoms with Gasteiger partial charge in [-0.2, -0.15) is 13.5 Å². The van der Waals surface area contributed by atoms with Crippen LogP contribution in [0.4, 0.5) is 0 Å². The summed E-state index contributed by atoms with van der Waals surface area (Å²) in [6.07, 6.45) is 1.41.